The monoisotopic (exact) mass is 211 g/mol. The van der Waals surface area contributed by atoms with Crippen LogP contribution < -0.4 is 0 Å². The zero-order valence-electron chi connectivity index (χ0n) is 9.48. The molecule has 1 N–H and O–H groups in total. The quantitative estimate of drug-likeness (QED) is 0.708. The van der Waals surface area contributed by atoms with Crippen LogP contribution in [0.25, 0.3) is 0 Å². The molecule has 1 fully saturated rings. The van der Waals surface area contributed by atoms with Crippen LogP contribution in [-0.4, -0.2) is 35.6 Å². The maximum absolute atomic E-state index is 10.4. The fourth-order valence-electron chi connectivity index (χ4n) is 2.04. The van der Waals surface area contributed by atoms with Gasteiger partial charge in [-0.25, -0.2) is 0 Å². The van der Waals surface area contributed by atoms with Crippen LogP contribution in [0.4, 0.5) is 0 Å². The van der Waals surface area contributed by atoms with Gasteiger partial charge in [0.25, 0.3) is 0 Å². The molecule has 0 aliphatic carbocycles. The summed E-state index contributed by atoms with van der Waals surface area (Å²) in [5.74, 6) is -0.0331. The summed E-state index contributed by atoms with van der Waals surface area (Å²) in [7, 11) is 0. The minimum absolute atomic E-state index is 0.333. The molecule has 86 valence electrons. The fraction of sp³-hybridized carbons (Fsp3) is 0.750. The summed E-state index contributed by atoms with van der Waals surface area (Å²) in [6.45, 7) is 5.32. The number of carboxylic acid groups (broad SMARTS) is 1. The van der Waals surface area contributed by atoms with E-state index in [4.69, 9.17) is 5.11 Å². The molecule has 3 nitrogen and oxygen atoms in total. The van der Waals surface area contributed by atoms with Crippen molar-refractivity contribution >= 4 is 5.97 Å². The van der Waals surface area contributed by atoms with Gasteiger partial charge in [0.05, 0.1) is 0 Å². The number of hydrogen-bond donors (Lipinski definition) is 1. The van der Waals surface area contributed by atoms with E-state index in [0.717, 1.165) is 38.9 Å². The van der Waals surface area contributed by atoms with E-state index in [-0.39, 0.29) is 0 Å². The van der Waals surface area contributed by atoms with Gasteiger partial charge < -0.3 is 5.11 Å². The molecular weight excluding hydrogens is 190 g/mol. The Morgan fingerprint density at radius 2 is 2.13 bits per heavy atom. The number of allylic oxidation sites excluding steroid dienone is 1. The maximum atomic E-state index is 10.4. The largest absolute Gasteiger partial charge is 0.481 e. The molecule has 1 heterocycles. The molecule has 0 bridgehead atoms. The number of rotatable bonds is 5. The van der Waals surface area contributed by atoms with Crippen molar-refractivity contribution < 1.29 is 9.90 Å². The van der Waals surface area contributed by atoms with E-state index in [2.05, 4.69) is 17.1 Å². The van der Waals surface area contributed by atoms with E-state index in [9.17, 15) is 4.79 Å². The lowest BCUT2D eigenvalue weighted by Gasteiger charge is -2.30. The van der Waals surface area contributed by atoms with Crippen LogP contribution in [0.5, 0.6) is 0 Å². The molecule has 0 spiro atoms. The maximum Gasteiger partial charge on any atom is 0.303 e. The third-order valence-corrected chi connectivity index (χ3v) is 3.07. The van der Waals surface area contributed by atoms with Crippen molar-refractivity contribution in [2.24, 2.45) is 5.92 Å². The fourth-order valence-corrected chi connectivity index (χ4v) is 2.04. The zero-order chi connectivity index (χ0) is 11.1. The first-order chi connectivity index (χ1) is 7.22. The van der Waals surface area contributed by atoms with Crippen LogP contribution in [0.2, 0.25) is 0 Å². The van der Waals surface area contributed by atoms with Crippen molar-refractivity contribution in [3.8, 4) is 0 Å². The van der Waals surface area contributed by atoms with Gasteiger partial charge in [-0.2, -0.15) is 0 Å². The second kappa shape index (κ2) is 6.62. The Morgan fingerprint density at radius 3 is 2.67 bits per heavy atom. The van der Waals surface area contributed by atoms with E-state index in [0.29, 0.717) is 12.3 Å². The third-order valence-electron chi connectivity index (χ3n) is 3.07. The summed E-state index contributed by atoms with van der Waals surface area (Å²) in [6.07, 6.45) is 7.76. The highest BCUT2D eigenvalue weighted by molar-refractivity contribution is 5.66. The lowest BCUT2D eigenvalue weighted by atomic mass is 9.92. The van der Waals surface area contributed by atoms with E-state index < -0.39 is 5.97 Å². The molecule has 1 aliphatic rings. The second-order valence-electron chi connectivity index (χ2n) is 4.25. The molecule has 3 heteroatoms. The molecule has 15 heavy (non-hydrogen) atoms. The average Bonchev–Trinajstić information content (AvgIpc) is 2.25. The number of carbonyl (C=O) groups is 1. The molecule has 1 saturated heterocycles. The van der Waals surface area contributed by atoms with E-state index >= 15 is 0 Å². The topological polar surface area (TPSA) is 40.5 Å². The molecular formula is C12H21NO2. The predicted octanol–water partition coefficient (Wildman–Crippen LogP) is 2.14. The van der Waals surface area contributed by atoms with E-state index in [1.165, 1.54) is 0 Å². The van der Waals surface area contributed by atoms with Crippen molar-refractivity contribution in [1.82, 2.24) is 4.90 Å². The highest BCUT2D eigenvalue weighted by atomic mass is 16.4. The molecule has 0 aromatic carbocycles. The van der Waals surface area contributed by atoms with Gasteiger partial charge in [-0.15, -0.1) is 0 Å². The molecule has 0 saturated carbocycles. The van der Waals surface area contributed by atoms with Gasteiger partial charge in [0, 0.05) is 13.0 Å². The SMILES string of the molecule is CC=CCN1CCC(CCC(=O)O)CC1. The van der Waals surface area contributed by atoms with Gasteiger partial charge in [-0.3, -0.25) is 9.69 Å². The Balaban J connectivity index is 2.15. The molecule has 1 rings (SSSR count). The van der Waals surface area contributed by atoms with Crippen molar-refractivity contribution in [1.29, 1.82) is 0 Å². The average molecular weight is 211 g/mol. The van der Waals surface area contributed by atoms with E-state index in [1.54, 1.807) is 0 Å². The molecule has 0 aromatic heterocycles. The third kappa shape index (κ3) is 4.98. The van der Waals surface area contributed by atoms with Crippen LogP contribution >= 0.6 is 0 Å². The first kappa shape index (κ1) is 12.2. The summed E-state index contributed by atoms with van der Waals surface area (Å²) >= 11 is 0. The first-order valence-electron chi connectivity index (χ1n) is 5.77. The molecule has 1 aliphatic heterocycles. The smallest absolute Gasteiger partial charge is 0.303 e. The van der Waals surface area contributed by atoms with Gasteiger partial charge in [0.2, 0.25) is 0 Å². The molecule has 0 unspecified atom stereocenters. The Labute approximate surface area is 91.8 Å². The standard InChI is InChI=1S/C12H21NO2/c1-2-3-8-13-9-6-11(7-10-13)4-5-12(14)15/h2-3,11H,4-10H2,1H3,(H,14,15). The van der Waals surface area contributed by atoms with Crippen LogP contribution in [0, 0.1) is 5.92 Å². The van der Waals surface area contributed by atoms with Gasteiger partial charge in [0.1, 0.15) is 0 Å². The normalized spacial score (nSPS) is 19.8. The first-order valence-corrected chi connectivity index (χ1v) is 5.77. The zero-order valence-corrected chi connectivity index (χ0v) is 9.48. The summed E-state index contributed by atoms with van der Waals surface area (Å²) in [6, 6.07) is 0. The summed E-state index contributed by atoms with van der Waals surface area (Å²) < 4.78 is 0. The van der Waals surface area contributed by atoms with Gasteiger partial charge in [-0.1, -0.05) is 12.2 Å². The van der Waals surface area contributed by atoms with Crippen LogP contribution in [0.3, 0.4) is 0 Å². The Bertz CT molecular complexity index is 218. The number of hydrogen-bond acceptors (Lipinski definition) is 2. The van der Waals surface area contributed by atoms with Crippen molar-refractivity contribution in [2.45, 2.75) is 32.6 Å². The summed E-state index contributed by atoms with van der Waals surface area (Å²) in [4.78, 5) is 12.9. The number of carboxylic acids is 1. The number of nitrogens with zero attached hydrogens (tertiary/aromatic N) is 1. The Hall–Kier alpha value is -0.830. The number of aliphatic carboxylic acids is 1. The lowest BCUT2D eigenvalue weighted by Crippen LogP contribution is -2.33. The number of piperidine rings is 1. The van der Waals surface area contributed by atoms with Crippen LogP contribution in [0.1, 0.15) is 32.6 Å². The summed E-state index contributed by atoms with van der Waals surface area (Å²) in [5, 5.41) is 8.59. The van der Waals surface area contributed by atoms with Gasteiger partial charge >= 0.3 is 5.97 Å². The predicted molar refractivity (Wildman–Crippen MR) is 60.8 cm³/mol. The van der Waals surface area contributed by atoms with Gasteiger partial charge in [-0.05, 0) is 45.2 Å². The highest BCUT2D eigenvalue weighted by Crippen LogP contribution is 2.21. The van der Waals surface area contributed by atoms with Crippen molar-refractivity contribution in [3.05, 3.63) is 12.2 Å². The Kier molecular flexibility index (Phi) is 5.40. The summed E-state index contributed by atoms with van der Waals surface area (Å²) in [5.41, 5.74) is 0. The number of likely N-dealkylation sites (tertiary alicyclic amines) is 1. The van der Waals surface area contributed by atoms with Crippen molar-refractivity contribution in [3.63, 3.8) is 0 Å². The van der Waals surface area contributed by atoms with Crippen molar-refractivity contribution in [2.75, 3.05) is 19.6 Å². The Morgan fingerprint density at radius 1 is 1.47 bits per heavy atom. The van der Waals surface area contributed by atoms with Crippen LogP contribution in [0.15, 0.2) is 12.2 Å². The molecule has 0 aromatic rings. The van der Waals surface area contributed by atoms with Crippen LogP contribution in [-0.2, 0) is 4.79 Å². The minimum atomic E-state index is -0.661. The van der Waals surface area contributed by atoms with E-state index in [1.807, 2.05) is 6.92 Å². The minimum Gasteiger partial charge on any atom is -0.481 e. The molecule has 0 radical (unpaired) electrons. The second-order valence-corrected chi connectivity index (χ2v) is 4.25. The molecule has 0 amide bonds. The molecule has 0 atom stereocenters. The highest BCUT2D eigenvalue weighted by Gasteiger charge is 2.18. The van der Waals surface area contributed by atoms with Gasteiger partial charge in [0.15, 0.2) is 0 Å². The lowest BCUT2D eigenvalue weighted by molar-refractivity contribution is -0.137.